The van der Waals surface area contributed by atoms with Crippen molar-refractivity contribution in [1.82, 2.24) is 0 Å². The Balaban J connectivity index is 2.80. The molecule has 0 aromatic rings. The molecule has 70 valence electrons. The van der Waals surface area contributed by atoms with Crippen LogP contribution >= 0.6 is 15.9 Å². The third-order valence-corrected chi connectivity index (χ3v) is 2.10. The van der Waals surface area contributed by atoms with Crippen LogP contribution in [0.2, 0.25) is 0 Å². The molecule has 0 aromatic carbocycles. The van der Waals surface area contributed by atoms with Gasteiger partial charge in [-0.25, -0.2) is 9.38 Å². The zero-order chi connectivity index (χ0) is 9.35. The molecule has 0 spiro atoms. The maximum Gasteiger partial charge on any atom is 0.231 e. The lowest BCUT2D eigenvalue weighted by molar-refractivity contribution is 0.134. The van der Waals surface area contributed by atoms with Gasteiger partial charge in [-0.1, -0.05) is 0 Å². The molecule has 12 heavy (non-hydrogen) atoms. The summed E-state index contributed by atoms with van der Waals surface area (Å²) >= 11 is 2.79. The van der Waals surface area contributed by atoms with Crippen LogP contribution in [0.5, 0.6) is 0 Å². The van der Waals surface area contributed by atoms with Gasteiger partial charge in [0, 0.05) is 6.42 Å². The van der Waals surface area contributed by atoms with E-state index in [1.165, 1.54) is 0 Å². The highest BCUT2D eigenvalue weighted by Gasteiger charge is 2.30. The molecule has 2 unspecified atom stereocenters. The highest BCUT2D eigenvalue weighted by atomic mass is 79.9. The fourth-order valence-corrected chi connectivity index (χ4v) is 1.63. The highest BCUT2D eigenvalue weighted by molar-refractivity contribution is 9.09. The van der Waals surface area contributed by atoms with E-state index < -0.39 is 5.08 Å². The first-order valence-electron chi connectivity index (χ1n) is 3.95. The minimum absolute atomic E-state index is 0.0447. The molecular formula is C8H13BrFNO. The summed E-state index contributed by atoms with van der Waals surface area (Å²) in [5.41, 5.74) is -0.203. The summed E-state index contributed by atoms with van der Waals surface area (Å²) in [6.07, 6.45) is 0.874. The van der Waals surface area contributed by atoms with E-state index in [4.69, 9.17) is 4.74 Å². The number of hydrogen-bond acceptors (Lipinski definition) is 2. The molecule has 0 bridgehead atoms. The van der Waals surface area contributed by atoms with E-state index in [0.29, 0.717) is 0 Å². The molecule has 0 amide bonds. The summed E-state index contributed by atoms with van der Waals surface area (Å²) in [5, 5.41) is -1.28. The molecule has 2 atom stereocenters. The van der Waals surface area contributed by atoms with Gasteiger partial charge in [0.1, 0.15) is 0 Å². The monoisotopic (exact) mass is 237 g/mol. The second-order valence-electron chi connectivity index (χ2n) is 3.70. The number of alkyl halides is 2. The van der Waals surface area contributed by atoms with Crippen LogP contribution in [-0.4, -0.2) is 22.6 Å². The molecule has 0 aliphatic carbocycles. The lowest BCUT2D eigenvalue weighted by atomic mass is 9.97. The minimum atomic E-state index is -1.28. The summed E-state index contributed by atoms with van der Waals surface area (Å²) in [7, 11) is 0. The van der Waals surface area contributed by atoms with Crippen LogP contribution < -0.4 is 0 Å². The predicted octanol–water partition coefficient (Wildman–Crippen LogP) is 2.66. The minimum Gasteiger partial charge on any atom is -0.475 e. The van der Waals surface area contributed by atoms with Gasteiger partial charge in [0.2, 0.25) is 11.0 Å². The third kappa shape index (κ3) is 2.44. The Labute approximate surface area is 80.3 Å². The van der Waals surface area contributed by atoms with Crippen molar-refractivity contribution in [2.75, 3.05) is 0 Å². The topological polar surface area (TPSA) is 21.6 Å². The normalized spacial score (nSPS) is 30.4. The molecule has 1 rings (SSSR count). The lowest BCUT2D eigenvalue weighted by Crippen LogP contribution is -2.36. The molecule has 0 radical (unpaired) electrons. The molecule has 0 fully saturated rings. The predicted molar refractivity (Wildman–Crippen MR) is 50.5 cm³/mol. The molecule has 0 saturated heterocycles. The molecule has 1 heterocycles. The average molecular weight is 238 g/mol. The quantitative estimate of drug-likeness (QED) is 0.643. The first-order chi connectivity index (χ1) is 5.41. The van der Waals surface area contributed by atoms with Gasteiger partial charge in [0.05, 0.1) is 11.6 Å². The Morgan fingerprint density at radius 3 is 2.75 bits per heavy atom. The van der Waals surface area contributed by atoms with Crippen LogP contribution in [0.3, 0.4) is 0 Å². The van der Waals surface area contributed by atoms with Gasteiger partial charge in [0.25, 0.3) is 0 Å². The Morgan fingerprint density at radius 2 is 2.33 bits per heavy atom. The lowest BCUT2D eigenvalue weighted by Gasteiger charge is -2.31. The molecule has 1 aliphatic heterocycles. The van der Waals surface area contributed by atoms with E-state index in [-0.39, 0.29) is 17.5 Å². The summed E-state index contributed by atoms with van der Waals surface area (Å²) in [6.45, 7) is 5.87. The van der Waals surface area contributed by atoms with Gasteiger partial charge in [-0.3, -0.25) is 0 Å². The van der Waals surface area contributed by atoms with E-state index >= 15 is 0 Å². The van der Waals surface area contributed by atoms with Gasteiger partial charge in [0.15, 0.2) is 0 Å². The van der Waals surface area contributed by atoms with Crippen LogP contribution in [0.4, 0.5) is 4.39 Å². The van der Waals surface area contributed by atoms with E-state index in [2.05, 4.69) is 20.9 Å². The van der Waals surface area contributed by atoms with E-state index in [1.807, 2.05) is 20.8 Å². The SMILES string of the molecule is CC1CC(C)(C)N=C(C(F)Br)O1. The largest absolute Gasteiger partial charge is 0.475 e. The van der Waals surface area contributed by atoms with Gasteiger partial charge in [-0.15, -0.1) is 0 Å². The van der Waals surface area contributed by atoms with Crippen molar-refractivity contribution in [3.05, 3.63) is 0 Å². The summed E-state index contributed by atoms with van der Waals surface area (Å²) < 4.78 is 18.0. The number of aliphatic imine (C=N–C) groups is 1. The van der Waals surface area contributed by atoms with Crippen LogP contribution in [0.1, 0.15) is 27.2 Å². The first kappa shape index (κ1) is 9.96. The highest BCUT2D eigenvalue weighted by Crippen LogP contribution is 2.26. The van der Waals surface area contributed by atoms with Crippen LogP contribution in [0.15, 0.2) is 4.99 Å². The molecular weight excluding hydrogens is 225 g/mol. The third-order valence-electron chi connectivity index (χ3n) is 1.71. The number of halogens is 2. The zero-order valence-corrected chi connectivity index (χ0v) is 9.06. The van der Waals surface area contributed by atoms with Crippen molar-refractivity contribution in [2.24, 2.45) is 4.99 Å². The number of rotatable bonds is 1. The smallest absolute Gasteiger partial charge is 0.231 e. The molecule has 4 heteroatoms. The molecule has 0 saturated carbocycles. The van der Waals surface area contributed by atoms with Crippen molar-refractivity contribution in [2.45, 2.75) is 43.9 Å². The van der Waals surface area contributed by atoms with Gasteiger partial charge >= 0.3 is 0 Å². The van der Waals surface area contributed by atoms with E-state index in [0.717, 1.165) is 6.42 Å². The maximum atomic E-state index is 12.8. The number of hydrogen-bond donors (Lipinski definition) is 0. The summed E-state index contributed by atoms with van der Waals surface area (Å²) in [4.78, 5) is 4.14. The van der Waals surface area contributed by atoms with Gasteiger partial charge in [-0.2, -0.15) is 0 Å². The van der Waals surface area contributed by atoms with Crippen molar-refractivity contribution < 1.29 is 9.13 Å². The molecule has 2 nitrogen and oxygen atoms in total. The van der Waals surface area contributed by atoms with Crippen molar-refractivity contribution in [3.63, 3.8) is 0 Å². The maximum absolute atomic E-state index is 12.8. The number of ether oxygens (including phenoxy) is 1. The Kier molecular flexibility index (Phi) is 2.76. The Morgan fingerprint density at radius 1 is 1.75 bits per heavy atom. The van der Waals surface area contributed by atoms with Crippen LogP contribution in [0.25, 0.3) is 0 Å². The average Bonchev–Trinajstić information content (AvgIpc) is 1.82. The van der Waals surface area contributed by atoms with Crippen LogP contribution in [0, 0.1) is 0 Å². The van der Waals surface area contributed by atoms with Crippen LogP contribution in [-0.2, 0) is 4.74 Å². The van der Waals surface area contributed by atoms with Crippen molar-refractivity contribution in [3.8, 4) is 0 Å². The van der Waals surface area contributed by atoms with Crippen molar-refractivity contribution in [1.29, 1.82) is 0 Å². The number of nitrogens with zero attached hydrogens (tertiary/aromatic N) is 1. The second-order valence-corrected chi connectivity index (χ2v) is 4.50. The first-order valence-corrected chi connectivity index (χ1v) is 4.87. The van der Waals surface area contributed by atoms with E-state index in [1.54, 1.807) is 0 Å². The molecule has 0 aromatic heterocycles. The Bertz CT molecular complexity index is 203. The molecule has 0 N–H and O–H groups in total. The van der Waals surface area contributed by atoms with Gasteiger partial charge < -0.3 is 4.74 Å². The van der Waals surface area contributed by atoms with Crippen molar-refractivity contribution >= 4 is 21.8 Å². The Hall–Kier alpha value is -0.120. The fourth-order valence-electron chi connectivity index (χ4n) is 1.42. The van der Waals surface area contributed by atoms with Gasteiger partial charge in [-0.05, 0) is 36.7 Å². The summed E-state index contributed by atoms with van der Waals surface area (Å²) in [5.74, 6) is 0.166. The zero-order valence-electron chi connectivity index (χ0n) is 7.47. The summed E-state index contributed by atoms with van der Waals surface area (Å²) in [6, 6.07) is 0. The second kappa shape index (κ2) is 3.32. The molecule has 1 aliphatic rings. The standard InChI is InChI=1S/C8H13BrFNO/c1-5-4-8(2,3)11-7(12-5)6(9)10/h5-6H,4H2,1-3H3. The van der Waals surface area contributed by atoms with E-state index in [9.17, 15) is 4.39 Å². The fraction of sp³-hybridized carbons (Fsp3) is 0.875.